The second kappa shape index (κ2) is 4.37. The van der Waals surface area contributed by atoms with Crippen molar-refractivity contribution in [2.45, 2.75) is 0 Å². The zero-order valence-corrected chi connectivity index (χ0v) is 10.3. The van der Waals surface area contributed by atoms with Gasteiger partial charge in [0.2, 0.25) is 0 Å². The van der Waals surface area contributed by atoms with Crippen LogP contribution in [0.3, 0.4) is 0 Å². The van der Waals surface area contributed by atoms with Gasteiger partial charge in [-0.05, 0) is 30.3 Å². The van der Waals surface area contributed by atoms with E-state index in [1.165, 1.54) is 30.3 Å². The van der Waals surface area contributed by atoms with Gasteiger partial charge in [0.25, 0.3) is 5.56 Å². The largest absolute Gasteiger partial charge is 0.478 e. The second-order valence-electron chi connectivity index (χ2n) is 4.25. The topological polar surface area (TPSA) is 122 Å². The van der Waals surface area contributed by atoms with Crippen molar-refractivity contribution < 1.29 is 19.8 Å². The van der Waals surface area contributed by atoms with Gasteiger partial charge >= 0.3 is 11.9 Å². The standard InChI is InChI=1S/C13H7N3O5/c17-11-7-2-1-6(12(18)19)5-9(7)14-10-4-3-8(13(20)21)15-16(10)11/h1-5H,(H,18,19)(H,20,21). The number of rotatable bonds is 2. The van der Waals surface area contributed by atoms with Crippen LogP contribution < -0.4 is 5.56 Å². The van der Waals surface area contributed by atoms with Crippen molar-refractivity contribution in [1.82, 2.24) is 14.6 Å². The Labute approximate surface area is 115 Å². The van der Waals surface area contributed by atoms with Crippen LogP contribution >= 0.6 is 0 Å². The lowest BCUT2D eigenvalue weighted by Gasteiger charge is -2.04. The van der Waals surface area contributed by atoms with Crippen molar-refractivity contribution in [3.05, 3.63) is 51.9 Å². The maximum atomic E-state index is 12.3. The molecule has 0 radical (unpaired) electrons. The normalized spacial score (nSPS) is 10.9. The Balaban J connectivity index is 2.40. The maximum absolute atomic E-state index is 12.3. The molecule has 0 atom stereocenters. The molecule has 0 aliphatic carbocycles. The van der Waals surface area contributed by atoms with E-state index in [0.29, 0.717) is 0 Å². The summed E-state index contributed by atoms with van der Waals surface area (Å²) in [4.78, 5) is 38.2. The summed E-state index contributed by atoms with van der Waals surface area (Å²) in [7, 11) is 0. The van der Waals surface area contributed by atoms with Crippen molar-refractivity contribution in [2.24, 2.45) is 0 Å². The van der Waals surface area contributed by atoms with Crippen LogP contribution in [0.4, 0.5) is 0 Å². The van der Waals surface area contributed by atoms with Crippen molar-refractivity contribution in [3.63, 3.8) is 0 Å². The molecule has 0 fully saturated rings. The summed E-state index contributed by atoms with van der Waals surface area (Å²) in [6, 6.07) is 6.45. The van der Waals surface area contributed by atoms with Gasteiger partial charge in [-0.1, -0.05) is 0 Å². The molecule has 3 aromatic rings. The third-order valence-electron chi connectivity index (χ3n) is 2.94. The van der Waals surface area contributed by atoms with Crippen molar-refractivity contribution in [2.75, 3.05) is 0 Å². The lowest BCUT2D eigenvalue weighted by atomic mass is 10.1. The van der Waals surface area contributed by atoms with Crippen LogP contribution in [0.1, 0.15) is 20.8 Å². The van der Waals surface area contributed by atoms with E-state index in [1.807, 2.05) is 0 Å². The number of benzene rings is 1. The maximum Gasteiger partial charge on any atom is 0.356 e. The molecule has 21 heavy (non-hydrogen) atoms. The van der Waals surface area contributed by atoms with Gasteiger partial charge in [0, 0.05) is 0 Å². The molecule has 8 nitrogen and oxygen atoms in total. The zero-order chi connectivity index (χ0) is 15.1. The molecule has 0 saturated carbocycles. The number of aromatic carboxylic acids is 2. The van der Waals surface area contributed by atoms with Crippen LogP contribution in [0, 0.1) is 0 Å². The lowest BCUT2D eigenvalue weighted by molar-refractivity contribution is 0.0681. The van der Waals surface area contributed by atoms with E-state index in [9.17, 15) is 14.4 Å². The highest BCUT2D eigenvalue weighted by atomic mass is 16.4. The minimum Gasteiger partial charge on any atom is -0.478 e. The summed E-state index contributed by atoms with van der Waals surface area (Å²) in [5.74, 6) is -2.39. The molecular formula is C13H7N3O5. The minimum absolute atomic E-state index is 0.00821. The van der Waals surface area contributed by atoms with Gasteiger partial charge in [-0.3, -0.25) is 4.79 Å². The van der Waals surface area contributed by atoms with Crippen molar-refractivity contribution >= 4 is 28.5 Å². The molecule has 0 unspecified atom stereocenters. The highest BCUT2D eigenvalue weighted by Gasteiger charge is 2.12. The van der Waals surface area contributed by atoms with E-state index in [1.54, 1.807) is 0 Å². The van der Waals surface area contributed by atoms with Crippen molar-refractivity contribution in [3.8, 4) is 0 Å². The summed E-state index contributed by atoms with van der Waals surface area (Å²) >= 11 is 0. The first-order valence-electron chi connectivity index (χ1n) is 5.78. The van der Waals surface area contributed by atoms with Crippen LogP contribution in [-0.4, -0.2) is 36.7 Å². The molecule has 2 heterocycles. The van der Waals surface area contributed by atoms with Crippen LogP contribution in [-0.2, 0) is 0 Å². The predicted molar refractivity (Wildman–Crippen MR) is 70.7 cm³/mol. The third-order valence-corrected chi connectivity index (χ3v) is 2.94. The van der Waals surface area contributed by atoms with E-state index in [-0.39, 0.29) is 27.8 Å². The SMILES string of the molecule is O=C(O)c1ccc2c(=O)n3nc(C(=O)O)ccc3nc2c1. The Kier molecular flexibility index (Phi) is 2.65. The number of carboxylic acid groups (broad SMARTS) is 2. The van der Waals surface area contributed by atoms with Crippen molar-refractivity contribution in [1.29, 1.82) is 0 Å². The summed E-state index contributed by atoms with van der Waals surface area (Å²) in [6.07, 6.45) is 0. The van der Waals surface area contributed by atoms with E-state index in [4.69, 9.17) is 10.2 Å². The highest BCUT2D eigenvalue weighted by molar-refractivity contribution is 5.93. The fourth-order valence-corrected chi connectivity index (χ4v) is 1.94. The van der Waals surface area contributed by atoms with E-state index in [0.717, 1.165) is 4.52 Å². The summed E-state index contributed by atoms with van der Waals surface area (Å²) in [5, 5.41) is 21.7. The first-order valence-corrected chi connectivity index (χ1v) is 5.78. The zero-order valence-electron chi connectivity index (χ0n) is 10.3. The first-order chi connectivity index (χ1) is 9.97. The number of nitrogens with zero attached hydrogens (tertiary/aromatic N) is 3. The van der Waals surface area contributed by atoms with Gasteiger partial charge in [0.1, 0.15) is 0 Å². The molecule has 8 heteroatoms. The highest BCUT2D eigenvalue weighted by Crippen LogP contribution is 2.12. The van der Waals surface area contributed by atoms with Gasteiger partial charge in [-0.25, -0.2) is 14.6 Å². The van der Waals surface area contributed by atoms with Gasteiger partial charge in [0.15, 0.2) is 11.3 Å². The van der Waals surface area contributed by atoms with Gasteiger partial charge < -0.3 is 10.2 Å². The predicted octanol–water partition coefficient (Wildman–Crippen LogP) is 0.639. The van der Waals surface area contributed by atoms with Crippen LogP contribution in [0.25, 0.3) is 16.6 Å². The Bertz CT molecular complexity index is 977. The van der Waals surface area contributed by atoms with Crippen LogP contribution in [0.15, 0.2) is 35.1 Å². The molecule has 0 bridgehead atoms. The second-order valence-corrected chi connectivity index (χ2v) is 4.25. The summed E-state index contributed by atoms with van der Waals surface area (Å²) < 4.78 is 0.881. The number of hydrogen-bond donors (Lipinski definition) is 2. The smallest absolute Gasteiger partial charge is 0.356 e. The van der Waals surface area contributed by atoms with E-state index in [2.05, 4.69) is 10.1 Å². The average Bonchev–Trinajstić information content (AvgIpc) is 2.46. The first kappa shape index (κ1) is 12.7. The number of aromatic nitrogens is 3. The molecule has 0 aliphatic heterocycles. The Morgan fingerprint density at radius 3 is 2.48 bits per heavy atom. The Morgan fingerprint density at radius 2 is 1.81 bits per heavy atom. The molecule has 0 amide bonds. The molecule has 2 N–H and O–H groups in total. The number of carbonyl (C=O) groups is 2. The monoisotopic (exact) mass is 285 g/mol. The Hall–Kier alpha value is -3.29. The molecular weight excluding hydrogens is 278 g/mol. The number of hydrogen-bond acceptors (Lipinski definition) is 5. The lowest BCUT2D eigenvalue weighted by Crippen LogP contribution is -2.20. The van der Waals surface area contributed by atoms with E-state index >= 15 is 0 Å². The quantitative estimate of drug-likeness (QED) is 0.662. The average molecular weight is 285 g/mol. The number of fused-ring (bicyclic) bond motifs is 2. The molecule has 3 rings (SSSR count). The van der Waals surface area contributed by atoms with Crippen LogP contribution in [0.5, 0.6) is 0 Å². The molecule has 104 valence electrons. The fourth-order valence-electron chi connectivity index (χ4n) is 1.94. The third kappa shape index (κ3) is 1.98. The van der Waals surface area contributed by atoms with E-state index < -0.39 is 17.5 Å². The minimum atomic E-state index is -1.26. The van der Waals surface area contributed by atoms with Gasteiger partial charge in [-0.15, -0.1) is 0 Å². The Morgan fingerprint density at radius 1 is 1.05 bits per heavy atom. The molecule has 2 aromatic heterocycles. The summed E-state index contributed by atoms with van der Waals surface area (Å²) in [5.41, 5.74) is -0.485. The van der Waals surface area contributed by atoms with Gasteiger partial charge in [-0.2, -0.15) is 9.61 Å². The molecule has 0 spiro atoms. The number of carboxylic acids is 2. The fraction of sp³-hybridized carbons (Fsp3) is 0. The summed E-state index contributed by atoms with van der Waals surface area (Å²) in [6.45, 7) is 0. The molecule has 0 aliphatic rings. The van der Waals surface area contributed by atoms with Crippen LogP contribution in [0.2, 0.25) is 0 Å². The molecule has 1 aromatic carbocycles. The van der Waals surface area contributed by atoms with Gasteiger partial charge in [0.05, 0.1) is 16.5 Å². The molecule has 0 saturated heterocycles.